The summed E-state index contributed by atoms with van der Waals surface area (Å²) in [7, 11) is 0. The number of rotatable bonds is 5. The van der Waals surface area contributed by atoms with Crippen molar-refractivity contribution in [3.63, 3.8) is 0 Å². The van der Waals surface area contributed by atoms with Gasteiger partial charge >= 0.3 is 0 Å². The van der Waals surface area contributed by atoms with Crippen LogP contribution in [0.3, 0.4) is 0 Å². The summed E-state index contributed by atoms with van der Waals surface area (Å²) in [5.41, 5.74) is 3.82. The molecule has 98 valence electrons. The summed E-state index contributed by atoms with van der Waals surface area (Å²) in [6, 6.07) is 4.37. The van der Waals surface area contributed by atoms with Crippen LogP contribution in [-0.4, -0.2) is 6.61 Å². The number of ether oxygens (including phenoxy) is 1. The number of hydrogen-bond acceptors (Lipinski definition) is 1. The van der Waals surface area contributed by atoms with Crippen molar-refractivity contribution in [2.24, 2.45) is 0 Å². The predicted molar refractivity (Wildman–Crippen MR) is 77.0 cm³/mol. The van der Waals surface area contributed by atoms with Crippen LogP contribution in [0.1, 0.15) is 56.7 Å². The molecule has 1 heteroatoms. The zero-order chi connectivity index (χ0) is 13.3. The predicted octanol–water partition coefficient (Wildman–Crippen LogP) is 5.21. The highest BCUT2D eigenvalue weighted by atomic mass is 16.5. The molecule has 0 saturated carbocycles. The van der Waals surface area contributed by atoms with E-state index in [-0.39, 0.29) is 0 Å². The quantitative estimate of drug-likeness (QED) is 0.638. The fourth-order valence-electron chi connectivity index (χ4n) is 1.92. The molecule has 0 aliphatic rings. The van der Waals surface area contributed by atoms with E-state index in [9.17, 15) is 0 Å². The van der Waals surface area contributed by atoms with Gasteiger partial charge in [-0.2, -0.15) is 0 Å². The minimum atomic E-state index is 0.846. The molecule has 0 fully saturated rings. The summed E-state index contributed by atoms with van der Waals surface area (Å²) < 4.78 is 5.82. The Morgan fingerprint density at radius 2 is 1.47 bits per heavy atom. The summed E-state index contributed by atoms with van der Waals surface area (Å²) in [5, 5.41) is 0. The third-order valence-corrected chi connectivity index (χ3v) is 2.60. The maximum atomic E-state index is 5.82. The lowest BCUT2D eigenvalue weighted by Gasteiger charge is -2.12. The first-order chi connectivity index (χ1) is 8.15. The van der Waals surface area contributed by atoms with Crippen molar-refractivity contribution in [3.05, 3.63) is 28.8 Å². The third-order valence-electron chi connectivity index (χ3n) is 2.60. The van der Waals surface area contributed by atoms with Crippen molar-refractivity contribution in [1.82, 2.24) is 0 Å². The van der Waals surface area contributed by atoms with Gasteiger partial charge in [-0.3, -0.25) is 0 Å². The Morgan fingerprint density at radius 1 is 0.941 bits per heavy atom. The first-order valence-corrected chi connectivity index (χ1v) is 6.85. The van der Waals surface area contributed by atoms with Gasteiger partial charge < -0.3 is 4.74 Å². The zero-order valence-corrected chi connectivity index (χ0v) is 12.4. The number of unbranched alkanes of at least 4 members (excludes halogenated alkanes) is 2. The van der Waals surface area contributed by atoms with Gasteiger partial charge in [-0.25, -0.2) is 0 Å². The molecular weight excluding hydrogens is 208 g/mol. The molecule has 0 radical (unpaired) electrons. The molecule has 1 nitrogen and oxygen atoms in total. The Balaban J connectivity index is 0.00000121. The molecule has 0 aliphatic heterocycles. The molecule has 0 N–H and O–H groups in total. The summed E-state index contributed by atoms with van der Waals surface area (Å²) in [5.74, 6) is 1.08. The second-order valence-corrected chi connectivity index (χ2v) is 4.28. The number of benzene rings is 1. The van der Waals surface area contributed by atoms with E-state index in [1.54, 1.807) is 0 Å². The second kappa shape index (κ2) is 9.09. The molecule has 0 heterocycles. The van der Waals surface area contributed by atoms with Crippen LogP contribution < -0.4 is 4.74 Å². The Hall–Kier alpha value is -0.980. The molecule has 0 unspecified atom stereocenters. The lowest BCUT2D eigenvalue weighted by Crippen LogP contribution is -2.00. The van der Waals surface area contributed by atoms with Gasteiger partial charge in [0.15, 0.2) is 0 Å². The van der Waals surface area contributed by atoms with Crippen LogP contribution in [0.25, 0.3) is 0 Å². The van der Waals surface area contributed by atoms with E-state index >= 15 is 0 Å². The lowest BCUT2D eigenvalue weighted by atomic mass is 10.1. The van der Waals surface area contributed by atoms with Gasteiger partial charge in [0, 0.05) is 0 Å². The van der Waals surface area contributed by atoms with E-state index in [2.05, 4.69) is 39.8 Å². The normalized spacial score (nSPS) is 9.53. The smallest absolute Gasteiger partial charge is 0.125 e. The van der Waals surface area contributed by atoms with E-state index in [0.717, 1.165) is 18.8 Å². The van der Waals surface area contributed by atoms with Crippen molar-refractivity contribution < 1.29 is 4.74 Å². The van der Waals surface area contributed by atoms with Gasteiger partial charge in [0.2, 0.25) is 0 Å². The van der Waals surface area contributed by atoms with Crippen LogP contribution in [0.5, 0.6) is 5.75 Å². The third kappa shape index (κ3) is 5.76. The van der Waals surface area contributed by atoms with Gasteiger partial charge in [-0.1, -0.05) is 51.3 Å². The van der Waals surface area contributed by atoms with Gasteiger partial charge in [-0.15, -0.1) is 0 Å². The first-order valence-electron chi connectivity index (χ1n) is 6.85. The van der Waals surface area contributed by atoms with Crippen LogP contribution in [0.15, 0.2) is 12.1 Å². The van der Waals surface area contributed by atoms with Crippen molar-refractivity contribution in [1.29, 1.82) is 0 Å². The van der Waals surface area contributed by atoms with Crippen LogP contribution in [0, 0.1) is 20.8 Å². The van der Waals surface area contributed by atoms with Gasteiger partial charge in [0.1, 0.15) is 5.75 Å². The van der Waals surface area contributed by atoms with Crippen LogP contribution in [0.2, 0.25) is 0 Å². The average molecular weight is 236 g/mol. The van der Waals surface area contributed by atoms with Crippen molar-refractivity contribution >= 4 is 0 Å². The van der Waals surface area contributed by atoms with Crippen LogP contribution >= 0.6 is 0 Å². The van der Waals surface area contributed by atoms with Gasteiger partial charge in [-0.05, 0) is 38.3 Å². The first kappa shape index (κ1) is 16.0. The van der Waals surface area contributed by atoms with Gasteiger partial charge in [0.05, 0.1) is 6.61 Å². The molecular formula is C16H28O. The highest BCUT2D eigenvalue weighted by molar-refractivity contribution is 5.42. The fourth-order valence-corrected chi connectivity index (χ4v) is 1.92. The largest absolute Gasteiger partial charge is 0.493 e. The minimum absolute atomic E-state index is 0.846. The molecule has 1 aromatic rings. The Bertz CT molecular complexity index is 292. The molecule has 0 aromatic heterocycles. The molecule has 0 saturated heterocycles. The molecule has 0 bridgehead atoms. The summed E-state index contributed by atoms with van der Waals surface area (Å²) in [6.07, 6.45) is 3.66. The highest BCUT2D eigenvalue weighted by Gasteiger charge is 2.04. The molecule has 17 heavy (non-hydrogen) atoms. The monoisotopic (exact) mass is 236 g/mol. The average Bonchev–Trinajstić information content (AvgIpc) is 2.29. The van der Waals surface area contributed by atoms with Crippen molar-refractivity contribution in [2.45, 2.75) is 60.8 Å². The molecule has 1 aromatic carbocycles. The van der Waals surface area contributed by atoms with Crippen LogP contribution in [-0.2, 0) is 0 Å². The van der Waals surface area contributed by atoms with E-state index in [4.69, 9.17) is 4.74 Å². The molecule has 0 atom stereocenters. The molecule has 0 amide bonds. The standard InChI is InChI=1S/C14H22O.C2H6/c1-5-6-7-8-15-14-12(3)9-11(2)10-13(14)4;1-2/h9-10H,5-8H2,1-4H3;1-2H3. The van der Waals surface area contributed by atoms with Crippen molar-refractivity contribution in [2.75, 3.05) is 6.61 Å². The lowest BCUT2D eigenvalue weighted by molar-refractivity contribution is 0.302. The molecule has 0 spiro atoms. The molecule has 1 rings (SSSR count). The van der Waals surface area contributed by atoms with Crippen molar-refractivity contribution in [3.8, 4) is 5.75 Å². The Kier molecular flexibility index (Phi) is 8.57. The Labute approximate surface area is 107 Å². The van der Waals surface area contributed by atoms with E-state index in [1.807, 2.05) is 13.8 Å². The number of aryl methyl sites for hydroxylation is 3. The summed E-state index contributed by atoms with van der Waals surface area (Å²) >= 11 is 0. The topological polar surface area (TPSA) is 9.23 Å². The van der Waals surface area contributed by atoms with E-state index in [0.29, 0.717) is 0 Å². The maximum Gasteiger partial charge on any atom is 0.125 e. The Morgan fingerprint density at radius 3 is 1.94 bits per heavy atom. The van der Waals surface area contributed by atoms with Crippen LogP contribution in [0.4, 0.5) is 0 Å². The SMILES string of the molecule is CC.CCCCCOc1c(C)cc(C)cc1C. The van der Waals surface area contributed by atoms with Gasteiger partial charge in [0.25, 0.3) is 0 Å². The molecule has 0 aliphatic carbocycles. The number of hydrogen-bond donors (Lipinski definition) is 0. The zero-order valence-electron chi connectivity index (χ0n) is 12.4. The van der Waals surface area contributed by atoms with E-state index in [1.165, 1.54) is 29.5 Å². The fraction of sp³-hybridized carbons (Fsp3) is 0.625. The maximum absolute atomic E-state index is 5.82. The highest BCUT2D eigenvalue weighted by Crippen LogP contribution is 2.24. The second-order valence-electron chi connectivity index (χ2n) is 4.28. The van der Waals surface area contributed by atoms with E-state index < -0.39 is 0 Å². The summed E-state index contributed by atoms with van der Waals surface area (Å²) in [6.45, 7) is 13.4. The minimum Gasteiger partial charge on any atom is -0.493 e. The summed E-state index contributed by atoms with van der Waals surface area (Å²) in [4.78, 5) is 0.